The summed E-state index contributed by atoms with van der Waals surface area (Å²) in [5.74, 6) is -0.362. The fraction of sp³-hybridized carbons (Fsp3) is 0.400. The molecule has 1 aliphatic heterocycles. The zero-order valence-corrected chi connectivity index (χ0v) is 20.0. The van der Waals surface area contributed by atoms with Crippen LogP contribution < -0.4 is 5.32 Å². The number of thiazole rings is 1. The Morgan fingerprint density at radius 1 is 1.12 bits per heavy atom. The molecule has 0 radical (unpaired) electrons. The van der Waals surface area contributed by atoms with Gasteiger partial charge in [-0.15, -0.1) is 11.3 Å². The van der Waals surface area contributed by atoms with Gasteiger partial charge in [0.2, 0.25) is 5.91 Å². The minimum atomic E-state index is -0.233. The van der Waals surface area contributed by atoms with E-state index in [2.05, 4.69) is 15.2 Å². The van der Waals surface area contributed by atoms with Crippen molar-refractivity contribution in [3.63, 3.8) is 0 Å². The van der Waals surface area contributed by atoms with E-state index in [-0.39, 0.29) is 18.4 Å². The molecule has 33 heavy (non-hydrogen) atoms. The highest BCUT2D eigenvalue weighted by molar-refractivity contribution is 7.15. The molecular weight excluding hydrogens is 436 g/mol. The standard InChI is InChI=1S/C25H30N4O3S/c1-18-19(2)33-25(26-18)27-23(30)17-29(12-6-11-28-13-15-32-16-14-28)24(31)22-10-5-8-20-7-3-4-9-21(20)22/h3-5,7-10H,6,11-17H2,1-2H3,(H,26,27,30). The van der Waals surface area contributed by atoms with Gasteiger partial charge in [-0.05, 0) is 37.1 Å². The first kappa shape index (κ1) is 23.4. The van der Waals surface area contributed by atoms with Gasteiger partial charge in [0.25, 0.3) is 5.91 Å². The first-order chi connectivity index (χ1) is 16.0. The Morgan fingerprint density at radius 3 is 2.64 bits per heavy atom. The van der Waals surface area contributed by atoms with E-state index < -0.39 is 0 Å². The Morgan fingerprint density at radius 2 is 1.88 bits per heavy atom. The maximum atomic E-state index is 13.6. The molecular formula is C25H30N4O3S. The summed E-state index contributed by atoms with van der Waals surface area (Å²) in [6, 6.07) is 13.6. The highest BCUT2D eigenvalue weighted by atomic mass is 32.1. The van der Waals surface area contributed by atoms with Crippen LogP contribution in [0.4, 0.5) is 5.13 Å². The van der Waals surface area contributed by atoms with Crippen molar-refractivity contribution in [1.29, 1.82) is 0 Å². The molecule has 1 saturated heterocycles. The molecule has 1 fully saturated rings. The number of amides is 2. The van der Waals surface area contributed by atoms with Gasteiger partial charge in [0.05, 0.1) is 18.9 Å². The molecule has 1 N–H and O–H groups in total. The molecule has 4 rings (SSSR count). The Hall–Kier alpha value is -2.81. The van der Waals surface area contributed by atoms with Crippen molar-refractivity contribution >= 4 is 39.1 Å². The normalized spacial score (nSPS) is 14.4. The van der Waals surface area contributed by atoms with E-state index in [0.29, 0.717) is 17.2 Å². The summed E-state index contributed by atoms with van der Waals surface area (Å²) < 4.78 is 5.42. The molecule has 3 aromatic rings. The predicted molar refractivity (Wildman–Crippen MR) is 132 cm³/mol. The number of aromatic nitrogens is 1. The minimum absolute atomic E-state index is 0.0111. The molecule has 7 nitrogen and oxygen atoms in total. The Balaban J connectivity index is 1.49. The molecule has 1 aliphatic rings. The Bertz CT molecular complexity index is 1100. The molecule has 0 aliphatic carbocycles. The average molecular weight is 467 g/mol. The lowest BCUT2D eigenvalue weighted by atomic mass is 10.0. The number of morpholine rings is 1. The van der Waals surface area contributed by atoms with Crippen molar-refractivity contribution in [2.45, 2.75) is 20.3 Å². The lowest BCUT2D eigenvalue weighted by molar-refractivity contribution is -0.116. The number of carbonyl (C=O) groups is 2. The van der Waals surface area contributed by atoms with E-state index in [1.165, 1.54) is 11.3 Å². The molecule has 0 spiro atoms. The van der Waals surface area contributed by atoms with Gasteiger partial charge in [0.15, 0.2) is 5.13 Å². The lowest BCUT2D eigenvalue weighted by Gasteiger charge is -2.28. The molecule has 2 aromatic carbocycles. The summed E-state index contributed by atoms with van der Waals surface area (Å²) in [6.07, 6.45) is 0.791. The van der Waals surface area contributed by atoms with Crippen LogP contribution in [0.15, 0.2) is 42.5 Å². The third-order valence-electron chi connectivity index (χ3n) is 5.92. The summed E-state index contributed by atoms with van der Waals surface area (Å²) in [7, 11) is 0. The van der Waals surface area contributed by atoms with Gasteiger partial charge < -0.3 is 15.0 Å². The molecule has 0 bridgehead atoms. The molecule has 2 amide bonds. The number of rotatable bonds is 8. The van der Waals surface area contributed by atoms with Gasteiger partial charge in [-0.3, -0.25) is 14.5 Å². The van der Waals surface area contributed by atoms with Crippen LogP contribution in [0.1, 0.15) is 27.3 Å². The van der Waals surface area contributed by atoms with Crippen LogP contribution in [0, 0.1) is 13.8 Å². The van der Waals surface area contributed by atoms with E-state index in [9.17, 15) is 9.59 Å². The SMILES string of the molecule is Cc1nc(NC(=O)CN(CCCN2CCOCC2)C(=O)c2cccc3ccccc23)sc1C. The summed E-state index contributed by atoms with van der Waals surface area (Å²) in [5, 5.41) is 5.34. The second kappa shape index (κ2) is 10.9. The Labute approximate surface area is 198 Å². The van der Waals surface area contributed by atoms with Crippen LogP contribution in [0.5, 0.6) is 0 Å². The first-order valence-electron chi connectivity index (χ1n) is 11.3. The number of nitrogens with one attached hydrogen (secondary N) is 1. The number of hydrogen-bond donors (Lipinski definition) is 1. The zero-order valence-electron chi connectivity index (χ0n) is 19.2. The number of benzene rings is 2. The number of anilines is 1. The van der Waals surface area contributed by atoms with Crippen LogP contribution in [0.25, 0.3) is 10.8 Å². The minimum Gasteiger partial charge on any atom is -0.379 e. The number of nitrogens with zero attached hydrogens (tertiary/aromatic N) is 3. The number of aryl methyl sites for hydroxylation is 2. The molecule has 174 valence electrons. The topological polar surface area (TPSA) is 74.8 Å². The van der Waals surface area contributed by atoms with Crippen molar-refractivity contribution in [3.8, 4) is 0 Å². The predicted octanol–water partition coefficient (Wildman–Crippen LogP) is 3.72. The maximum Gasteiger partial charge on any atom is 0.254 e. The first-order valence-corrected chi connectivity index (χ1v) is 12.1. The van der Waals surface area contributed by atoms with Gasteiger partial charge in [-0.25, -0.2) is 4.98 Å². The molecule has 1 aromatic heterocycles. The molecule has 8 heteroatoms. The molecule has 0 unspecified atom stereocenters. The molecule has 0 atom stereocenters. The van der Waals surface area contributed by atoms with Crippen molar-refractivity contribution in [2.24, 2.45) is 0 Å². The second-order valence-corrected chi connectivity index (χ2v) is 9.47. The summed E-state index contributed by atoms with van der Waals surface area (Å²) in [5.41, 5.74) is 1.53. The third-order valence-corrected chi connectivity index (χ3v) is 6.91. The van der Waals surface area contributed by atoms with E-state index in [0.717, 1.165) is 60.6 Å². The maximum absolute atomic E-state index is 13.6. The van der Waals surface area contributed by atoms with Gasteiger partial charge in [-0.1, -0.05) is 36.4 Å². The van der Waals surface area contributed by atoms with Crippen LogP contribution in [-0.4, -0.2) is 72.5 Å². The highest BCUT2D eigenvalue weighted by Gasteiger charge is 2.22. The number of ether oxygens (including phenoxy) is 1. The quantitative estimate of drug-likeness (QED) is 0.548. The van der Waals surface area contributed by atoms with Gasteiger partial charge >= 0.3 is 0 Å². The smallest absolute Gasteiger partial charge is 0.254 e. The fourth-order valence-electron chi connectivity index (χ4n) is 4.00. The third kappa shape index (κ3) is 5.96. The second-order valence-electron chi connectivity index (χ2n) is 8.27. The van der Waals surface area contributed by atoms with Gasteiger partial charge in [0, 0.05) is 36.6 Å². The lowest BCUT2D eigenvalue weighted by Crippen LogP contribution is -2.41. The average Bonchev–Trinajstić information content (AvgIpc) is 3.14. The molecule has 0 saturated carbocycles. The van der Waals surface area contributed by atoms with Gasteiger partial charge in [0.1, 0.15) is 6.54 Å². The largest absolute Gasteiger partial charge is 0.379 e. The highest BCUT2D eigenvalue weighted by Crippen LogP contribution is 2.22. The van der Waals surface area contributed by atoms with E-state index >= 15 is 0 Å². The summed E-state index contributed by atoms with van der Waals surface area (Å²) in [6.45, 7) is 8.55. The van der Waals surface area contributed by atoms with Crippen molar-refractivity contribution in [1.82, 2.24) is 14.8 Å². The van der Waals surface area contributed by atoms with E-state index in [1.807, 2.05) is 56.3 Å². The fourth-order valence-corrected chi connectivity index (χ4v) is 4.83. The van der Waals surface area contributed by atoms with Crippen LogP contribution in [0.2, 0.25) is 0 Å². The van der Waals surface area contributed by atoms with E-state index in [1.54, 1.807) is 4.90 Å². The number of fused-ring (bicyclic) bond motifs is 1. The summed E-state index contributed by atoms with van der Waals surface area (Å²) >= 11 is 1.45. The monoisotopic (exact) mass is 466 g/mol. The van der Waals surface area contributed by atoms with E-state index in [4.69, 9.17) is 4.74 Å². The van der Waals surface area contributed by atoms with Crippen LogP contribution in [-0.2, 0) is 9.53 Å². The Kier molecular flexibility index (Phi) is 7.69. The van der Waals surface area contributed by atoms with Crippen molar-refractivity contribution in [2.75, 3.05) is 51.3 Å². The summed E-state index contributed by atoms with van der Waals surface area (Å²) in [4.78, 5) is 35.9. The van der Waals surface area contributed by atoms with Crippen LogP contribution in [0.3, 0.4) is 0 Å². The zero-order chi connectivity index (χ0) is 23.2. The van der Waals surface area contributed by atoms with Crippen molar-refractivity contribution < 1.29 is 14.3 Å². The molecule has 2 heterocycles. The van der Waals surface area contributed by atoms with Gasteiger partial charge in [-0.2, -0.15) is 0 Å². The number of hydrogen-bond acceptors (Lipinski definition) is 6. The van der Waals surface area contributed by atoms with Crippen molar-refractivity contribution in [3.05, 3.63) is 58.6 Å². The van der Waals surface area contributed by atoms with Crippen LogP contribution >= 0.6 is 11.3 Å². The number of carbonyl (C=O) groups excluding carboxylic acids is 2.